The van der Waals surface area contributed by atoms with Crippen LogP contribution in [0.4, 0.5) is 0 Å². The first-order valence-corrected chi connectivity index (χ1v) is 15.7. The summed E-state index contributed by atoms with van der Waals surface area (Å²) in [5.74, 6) is 0.177. The maximum absolute atomic E-state index is 14.1. The number of ether oxygens (including phenoxy) is 2. The first kappa shape index (κ1) is 29.1. The van der Waals surface area contributed by atoms with Crippen LogP contribution in [-0.4, -0.2) is 17.1 Å². The lowest BCUT2D eigenvalue weighted by Gasteiger charge is -2.25. The quantitative estimate of drug-likeness (QED) is 0.176. The first-order valence-electron chi connectivity index (χ1n) is 13.7. The monoisotopic (exact) mass is 672 g/mol. The summed E-state index contributed by atoms with van der Waals surface area (Å²) < 4.78 is 14.3. The van der Waals surface area contributed by atoms with E-state index in [9.17, 15) is 9.59 Å². The fraction of sp³-hybridized carbons (Fsp3) is 0.147. The van der Waals surface area contributed by atoms with E-state index in [-0.39, 0.29) is 12.2 Å². The van der Waals surface area contributed by atoms with E-state index in [1.807, 2.05) is 91.0 Å². The zero-order valence-electron chi connectivity index (χ0n) is 23.3. The van der Waals surface area contributed by atoms with Gasteiger partial charge in [-0.25, -0.2) is 9.79 Å². The van der Waals surface area contributed by atoms with E-state index < -0.39 is 12.0 Å². The van der Waals surface area contributed by atoms with Crippen molar-refractivity contribution in [2.75, 3.05) is 6.61 Å². The Labute approximate surface area is 265 Å². The Hall–Kier alpha value is -3.98. The molecule has 5 aromatic rings. The molecular weight excluding hydrogens is 648 g/mol. The Balaban J connectivity index is 1.43. The number of hydrogen-bond acceptors (Lipinski definition) is 6. The van der Waals surface area contributed by atoms with Crippen LogP contribution in [0.25, 0.3) is 16.8 Å². The summed E-state index contributed by atoms with van der Waals surface area (Å²) in [4.78, 5) is 32.6. The van der Waals surface area contributed by atoms with Gasteiger partial charge in [-0.3, -0.25) is 9.36 Å². The zero-order valence-corrected chi connectivity index (χ0v) is 26.5. The van der Waals surface area contributed by atoms with E-state index in [0.29, 0.717) is 38.0 Å². The lowest BCUT2D eigenvalue weighted by atomic mass is 9.91. The van der Waals surface area contributed by atoms with Crippen molar-refractivity contribution in [2.24, 2.45) is 4.99 Å². The topological polar surface area (TPSA) is 69.9 Å². The van der Waals surface area contributed by atoms with E-state index >= 15 is 0 Å². The lowest BCUT2D eigenvalue weighted by molar-refractivity contribution is -0.139. The molecule has 0 aliphatic carbocycles. The maximum Gasteiger partial charge on any atom is 0.338 e. The van der Waals surface area contributed by atoms with Gasteiger partial charge in [-0.1, -0.05) is 89.7 Å². The molecular formula is C34H26BrClN2O4S. The highest BCUT2D eigenvalue weighted by molar-refractivity contribution is 9.10. The Bertz CT molecular complexity index is 2090. The molecule has 0 saturated carbocycles. The van der Waals surface area contributed by atoms with Gasteiger partial charge >= 0.3 is 5.97 Å². The molecule has 2 heterocycles. The molecule has 4 aromatic carbocycles. The minimum atomic E-state index is -0.684. The summed E-state index contributed by atoms with van der Waals surface area (Å²) in [5, 5.41) is 2.62. The summed E-state index contributed by atoms with van der Waals surface area (Å²) in [6.45, 7) is 4.10. The normalized spacial score (nSPS) is 14.9. The molecule has 6 nitrogen and oxygen atoms in total. The molecule has 0 N–H and O–H groups in total. The van der Waals surface area contributed by atoms with Crippen molar-refractivity contribution in [3.8, 4) is 5.75 Å². The van der Waals surface area contributed by atoms with Crippen LogP contribution in [0.2, 0.25) is 5.02 Å². The van der Waals surface area contributed by atoms with Crippen molar-refractivity contribution in [2.45, 2.75) is 26.5 Å². The van der Waals surface area contributed by atoms with Gasteiger partial charge < -0.3 is 9.47 Å². The van der Waals surface area contributed by atoms with Crippen molar-refractivity contribution in [1.29, 1.82) is 0 Å². The number of fused-ring (bicyclic) bond motifs is 2. The number of thiazole rings is 1. The van der Waals surface area contributed by atoms with Crippen LogP contribution in [0, 0.1) is 0 Å². The second-order valence-corrected chi connectivity index (χ2v) is 12.2. The Morgan fingerprint density at radius 3 is 2.63 bits per heavy atom. The van der Waals surface area contributed by atoms with Crippen LogP contribution >= 0.6 is 38.9 Å². The molecule has 216 valence electrons. The summed E-state index contributed by atoms with van der Waals surface area (Å²) in [7, 11) is 0. The smallest absolute Gasteiger partial charge is 0.338 e. The SMILES string of the molecule is CCOC(=O)C1=C(C)N=c2s/c(=C/c3ccc(OCc4ccccc4Cl)c(Br)c3)c(=O)n2[C@@H]1c1cccc2ccccc12. The first-order chi connectivity index (χ1) is 20.9. The average Bonchev–Trinajstić information content (AvgIpc) is 3.30. The number of esters is 1. The van der Waals surface area contributed by atoms with Crippen LogP contribution in [0.15, 0.2) is 110 Å². The van der Waals surface area contributed by atoms with E-state index in [1.165, 1.54) is 11.3 Å². The van der Waals surface area contributed by atoms with Crippen molar-refractivity contribution in [3.63, 3.8) is 0 Å². The van der Waals surface area contributed by atoms with Crippen molar-refractivity contribution >= 4 is 61.7 Å². The molecule has 1 aromatic heterocycles. The molecule has 0 radical (unpaired) electrons. The molecule has 0 saturated heterocycles. The van der Waals surface area contributed by atoms with E-state index in [0.717, 1.165) is 31.9 Å². The molecule has 1 aliphatic heterocycles. The number of carbonyl (C=O) groups is 1. The van der Waals surface area contributed by atoms with Gasteiger partial charge in [0.1, 0.15) is 12.4 Å². The molecule has 6 rings (SSSR count). The Morgan fingerprint density at radius 2 is 1.84 bits per heavy atom. The number of carbonyl (C=O) groups excluding carboxylic acids is 1. The minimum Gasteiger partial charge on any atom is -0.488 e. The molecule has 0 fully saturated rings. The van der Waals surface area contributed by atoms with Crippen LogP contribution in [-0.2, 0) is 16.1 Å². The van der Waals surface area contributed by atoms with E-state index in [1.54, 1.807) is 18.4 Å². The molecule has 0 spiro atoms. The molecule has 1 atom stereocenters. The zero-order chi connectivity index (χ0) is 30.1. The van der Waals surface area contributed by atoms with E-state index in [4.69, 9.17) is 26.1 Å². The van der Waals surface area contributed by atoms with Gasteiger partial charge in [-0.15, -0.1) is 0 Å². The van der Waals surface area contributed by atoms with Crippen molar-refractivity contribution in [3.05, 3.63) is 142 Å². The minimum absolute atomic E-state index is 0.218. The average molecular weight is 674 g/mol. The highest BCUT2D eigenvalue weighted by atomic mass is 79.9. The van der Waals surface area contributed by atoms with Crippen LogP contribution in [0.5, 0.6) is 5.75 Å². The third-order valence-corrected chi connectivity index (χ3v) is 9.20. The number of nitrogens with zero attached hydrogens (tertiary/aromatic N) is 2. The summed E-state index contributed by atoms with van der Waals surface area (Å²) in [5.41, 5.74) is 3.20. The molecule has 0 unspecified atom stereocenters. The van der Waals surface area contributed by atoms with E-state index in [2.05, 4.69) is 15.9 Å². The second kappa shape index (κ2) is 12.3. The molecule has 0 amide bonds. The fourth-order valence-electron chi connectivity index (χ4n) is 5.22. The maximum atomic E-state index is 14.1. The van der Waals surface area contributed by atoms with Gasteiger partial charge in [0, 0.05) is 10.6 Å². The van der Waals surface area contributed by atoms with Gasteiger partial charge in [0.15, 0.2) is 4.80 Å². The predicted molar refractivity (Wildman–Crippen MR) is 174 cm³/mol. The number of rotatable bonds is 7. The largest absolute Gasteiger partial charge is 0.488 e. The highest BCUT2D eigenvalue weighted by Crippen LogP contribution is 2.35. The Morgan fingerprint density at radius 1 is 1.07 bits per heavy atom. The third kappa shape index (κ3) is 5.70. The number of hydrogen-bond donors (Lipinski definition) is 0. The lowest BCUT2D eigenvalue weighted by Crippen LogP contribution is -2.40. The molecule has 1 aliphatic rings. The van der Waals surface area contributed by atoms with Gasteiger partial charge in [0.05, 0.1) is 32.9 Å². The van der Waals surface area contributed by atoms with Crippen LogP contribution < -0.4 is 19.6 Å². The second-order valence-electron chi connectivity index (χ2n) is 9.94. The standard InChI is InChI=1S/C34H26BrClN2O4S/c1-3-41-33(40)30-20(2)37-34-38(31(30)25-13-8-11-22-9-4-6-12-24(22)25)32(39)29(43-34)18-21-15-16-28(26(35)17-21)42-19-23-10-5-7-14-27(23)36/h4-18,31H,3,19H2,1-2H3/b29-18+/t31-/m1/s1. The number of aromatic nitrogens is 1. The van der Waals surface area contributed by atoms with Crippen LogP contribution in [0.1, 0.15) is 36.6 Å². The van der Waals surface area contributed by atoms with Gasteiger partial charge in [-0.2, -0.15) is 0 Å². The summed E-state index contributed by atoms with van der Waals surface area (Å²) in [6, 6.07) is 26.4. The molecule has 0 bridgehead atoms. The number of halogens is 2. The van der Waals surface area contributed by atoms with Crippen LogP contribution in [0.3, 0.4) is 0 Å². The van der Waals surface area contributed by atoms with Crippen molar-refractivity contribution in [1.82, 2.24) is 4.57 Å². The van der Waals surface area contributed by atoms with Gasteiger partial charge in [0.2, 0.25) is 0 Å². The Kier molecular flexibility index (Phi) is 8.34. The number of benzene rings is 4. The summed E-state index contributed by atoms with van der Waals surface area (Å²) >= 11 is 11.2. The fourth-order valence-corrected chi connectivity index (χ4v) is 6.97. The number of allylic oxidation sites excluding steroid dienone is 1. The molecule has 43 heavy (non-hydrogen) atoms. The van der Waals surface area contributed by atoms with Gasteiger partial charge in [-0.05, 0) is 76.0 Å². The third-order valence-electron chi connectivity index (χ3n) is 7.23. The highest BCUT2D eigenvalue weighted by Gasteiger charge is 2.34. The summed E-state index contributed by atoms with van der Waals surface area (Å²) in [6.07, 6.45) is 1.83. The predicted octanol–water partition coefficient (Wildman–Crippen LogP) is 6.95. The van der Waals surface area contributed by atoms with Gasteiger partial charge in [0.25, 0.3) is 5.56 Å². The molecule has 9 heteroatoms. The van der Waals surface area contributed by atoms with Crippen molar-refractivity contribution < 1.29 is 14.3 Å².